The summed E-state index contributed by atoms with van der Waals surface area (Å²) in [4.78, 5) is 0. The van der Waals surface area contributed by atoms with E-state index in [2.05, 4.69) is 0 Å². The molecule has 3 rings (SSSR count). The van der Waals surface area contributed by atoms with Gasteiger partial charge in [-0.1, -0.05) is 78.9 Å². The van der Waals surface area contributed by atoms with Gasteiger partial charge in [-0.05, 0) is 23.3 Å². The van der Waals surface area contributed by atoms with Gasteiger partial charge in [0.25, 0.3) is 0 Å². The molecule has 0 radical (unpaired) electrons. The fraction of sp³-hybridized carbons (Fsp3) is 0.0526. The van der Waals surface area contributed by atoms with Crippen LogP contribution >= 0.6 is 0 Å². The monoisotopic (exact) mass is 300 g/mol. The summed E-state index contributed by atoms with van der Waals surface area (Å²) in [5.41, 5.74) is 1.08. The maximum absolute atomic E-state index is 12.3. The highest BCUT2D eigenvalue weighted by Gasteiger charge is 2.29. The van der Waals surface area contributed by atoms with Gasteiger partial charge >= 0.3 is 6.18 Å². The fourth-order valence-corrected chi connectivity index (χ4v) is 1.87. The molecule has 3 aromatic rings. The summed E-state index contributed by atoms with van der Waals surface area (Å²) in [6, 6.07) is 26.5. The van der Waals surface area contributed by atoms with Crippen LogP contribution in [-0.4, -0.2) is 0 Å². The van der Waals surface area contributed by atoms with Crippen LogP contribution in [0.3, 0.4) is 0 Å². The number of alkyl halides is 3. The highest BCUT2D eigenvalue weighted by molar-refractivity contribution is 5.63. The minimum absolute atomic E-state index is 0.618. The van der Waals surface area contributed by atoms with E-state index < -0.39 is 11.7 Å². The van der Waals surface area contributed by atoms with Crippen molar-refractivity contribution in [1.82, 2.24) is 0 Å². The van der Waals surface area contributed by atoms with Crippen LogP contribution in [0, 0.1) is 0 Å². The Bertz CT molecular complexity index is 630. The van der Waals surface area contributed by atoms with Crippen molar-refractivity contribution in [2.45, 2.75) is 6.18 Å². The molecule has 0 saturated carbocycles. The molecule has 0 spiro atoms. The maximum Gasteiger partial charge on any atom is 0.416 e. The van der Waals surface area contributed by atoms with Gasteiger partial charge in [-0.15, -0.1) is 0 Å². The van der Waals surface area contributed by atoms with Crippen LogP contribution in [0.25, 0.3) is 11.1 Å². The fourth-order valence-electron chi connectivity index (χ4n) is 1.87. The van der Waals surface area contributed by atoms with Crippen molar-refractivity contribution in [3.05, 3.63) is 96.6 Å². The molecule has 0 aliphatic carbocycles. The lowest BCUT2D eigenvalue weighted by molar-refractivity contribution is -0.137. The molecule has 0 aliphatic heterocycles. The van der Waals surface area contributed by atoms with Crippen LogP contribution in [0.4, 0.5) is 13.2 Å². The Morgan fingerprint density at radius 1 is 0.455 bits per heavy atom. The predicted octanol–water partition coefficient (Wildman–Crippen LogP) is 6.06. The van der Waals surface area contributed by atoms with Crippen LogP contribution < -0.4 is 0 Å². The van der Waals surface area contributed by atoms with Crippen LogP contribution in [0.15, 0.2) is 91.0 Å². The van der Waals surface area contributed by atoms with Gasteiger partial charge in [0.2, 0.25) is 0 Å². The quantitative estimate of drug-likeness (QED) is 0.512. The smallest absolute Gasteiger partial charge is 0.166 e. The van der Waals surface area contributed by atoms with E-state index in [4.69, 9.17) is 0 Å². The van der Waals surface area contributed by atoms with Gasteiger partial charge < -0.3 is 0 Å². The third kappa shape index (κ3) is 4.77. The molecular weight excluding hydrogens is 285 g/mol. The molecule has 0 N–H and O–H groups in total. The molecule has 0 atom stereocenters. The van der Waals surface area contributed by atoms with Crippen LogP contribution in [0.1, 0.15) is 5.56 Å². The first kappa shape index (κ1) is 15.8. The second kappa shape index (κ2) is 7.46. The Balaban J connectivity index is 0.000000246. The molecule has 0 fully saturated rings. The lowest BCUT2D eigenvalue weighted by Crippen LogP contribution is -2.03. The number of halogens is 3. The first-order valence-electron chi connectivity index (χ1n) is 6.80. The Hall–Kier alpha value is -2.55. The van der Waals surface area contributed by atoms with Gasteiger partial charge in [0.05, 0.1) is 5.56 Å². The second-order valence-corrected chi connectivity index (χ2v) is 4.60. The summed E-state index contributed by atoms with van der Waals surface area (Å²) in [5, 5.41) is 0. The van der Waals surface area contributed by atoms with Gasteiger partial charge in [0, 0.05) is 0 Å². The summed E-state index contributed by atoms with van der Waals surface area (Å²) >= 11 is 0. The lowest BCUT2D eigenvalue weighted by Gasteiger charge is -2.07. The summed E-state index contributed by atoms with van der Waals surface area (Å²) in [7, 11) is 0. The first-order chi connectivity index (χ1) is 10.6. The summed E-state index contributed by atoms with van der Waals surface area (Å²) < 4.78 is 37.0. The molecule has 22 heavy (non-hydrogen) atoms. The van der Waals surface area contributed by atoms with E-state index >= 15 is 0 Å². The van der Waals surface area contributed by atoms with Crippen LogP contribution in [-0.2, 0) is 6.18 Å². The third-order valence-electron chi connectivity index (χ3n) is 2.99. The molecule has 0 unspecified atom stereocenters. The number of benzene rings is 3. The Morgan fingerprint density at radius 3 is 1.23 bits per heavy atom. The highest BCUT2D eigenvalue weighted by atomic mass is 19.4. The van der Waals surface area contributed by atoms with E-state index in [1.165, 1.54) is 12.1 Å². The molecule has 112 valence electrons. The largest absolute Gasteiger partial charge is 0.416 e. The first-order valence-corrected chi connectivity index (χ1v) is 6.80. The zero-order chi connectivity index (χ0) is 15.8. The summed E-state index contributed by atoms with van der Waals surface area (Å²) in [5.74, 6) is 0. The molecule has 0 aromatic heterocycles. The minimum Gasteiger partial charge on any atom is -0.166 e. The highest BCUT2D eigenvalue weighted by Crippen LogP contribution is 2.30. The van der Waals surface area contributed by atoms with E-state index in [0.717, 1.165) is 23.3 Å². The van der Waals surface area contributed by atoms with Gasteiger partial charge in [-0.25, -0.2) is 0 Å². The van der Waals surface area contributed by atoms with Gasteiger partial charge in [-0.3, -0.25) is 0 Å². The Kier molecular flexibility index (Phi) is 5.37. The van der Waals surface area contributed by atoms with Gasteiger partial charge in [-0.2, -0.15) is 13.2 Å². The molecule has 0 saturated heterocycles. The maximum atomic E-state index is 12.3. The topological polar surface area (TPSA) is 0 Å². The van der Waals surface area contributed by atoms with Crippen molar-refractivity contribution in [3.63, 3.8) is 0 Å². The number of hydrogen-bond acceptors (Lipinski definition) is 0. The zero-order valence-corrected chi connectivity index (χ0v) is 11.8. The number of rotatable bonds is 1. The normalized spacial score (nSPS) is 10.5. The van der Waals surface area contributed by atoms with Gasteiger partial charge in [0.15, 0.2) is 0 Å². The standard InChI is InChI=1S/C13H9F3.C6H6/c14-13(15,16)12-8-6-11(7-9-12)10-4-2-1-3-5-10;1-2-4-6-5-3-1/h1-9H;1-6H. The van der Waals surface area contributed by atoms with E-state index in [9.17, 15) is 13.2 Å². The second-order valence-electron chi connectivity index (χ2n) is 4.60. The molecule has 3 aromatic carbocycles. The Labute approximate surface area is 127 Å². The molecule has 0 heterocycles. The lowest BCUT2D eigenvalue weighted by atomic mass is 10.0. The summed E-state index contributed by atoms with van der Waals surface area (Å²) in [6.45, 7) is 0. The van der Waals surface area contributed by atoms with Crippen molar-refractivity contribution in [3.8, 4) is 11.1 Å². The van der Waals surface area contributed by atoms with Crippen molar-refractivity contribution in [2.75, 3.05) is 0 Å². The van der Waals surface area contributed by atoms with E-state index in [1.54, 1.807) is 0 Å². The van der Waals surface area contributed by atoms with Crippen molar-refractivity contribution < 1.29 is 13.2 Å². The molecule has 0 bridgehead atoms. The average Bonchev–Trinajstić information content (AvgIpc) is 2.57. The predicted molar refractivity (Wildman–Crippen MR) is 83.3 cm³/mol. The van der Waals surface area contributed by atoms with Crippen molar-refractivity contribution in [2.24, 2.45) is 0 Å². The SMILES string of the molecule is FC(F)(F)c1ccc(-c2ccccc2)cc1.c1ccccc1. The molecule has 3 heteroatoms. The average molecular weight is 300 g/mol. The van der Waals surface area contributed by atoms with Crippen molar-refractivity contribution >= 4 is 0 Å². The minimum atomic E-state index is -4.27. The molecular formula is C19H15F3. The molecule has 0 amide bonds. The van der Waals surface area contributed by atoms with Crippen LogP contribution in [0.5, 0.6) is 0 Å². The molecule has 0 aliphatic rings. The summed E-state index contributed by atoms with van der Waals surface area (Å²) in [6.07, 6.45) is -4.27. The third-order valence-corrected chi connectivity index (χ3v) is 2.99. The Morgan fingerprint density at radius 2 is 0.818 bits per heavy atom. The molecule has 0 nitrogen and oxygen atoms in total. The van der Waals surface area contributed by atoms with E-state index in [0.29, 0.717) is 0 Å². The van der Waals surface area contributed by atoms with E-state index in [1.807, 2.05) is 66.7 Å². The van der Waals surface area contributed by atoms with Crippen molar-refractivity contribution in [1.29, 1.82) is 0 Å². The number of hydrogen-bond donors (Lipinski definition) is 0. The van der Waals surface area contributed by atoms with Gasteiger partial charge in [0.1, 0.15) is 0 Å². The van der Waals surface area contributed by atoms with E-state index in [-0.39, 0.29) is 0 Å². The zero-order valence-electron chi connectivity index (χ0n) is 11.8. The van der Waals surface area contributed by atoms with Crippen LogP contribution in [0.2, 0.25) is 0 Å².